The molecule has 0 N–H and O–H groups in total. The number of carbonyl (C=O) groups excluding carboxylic acids is 1. The van der Waals surface area contributed by atoms with E-state index in [0.29, 0.717) is 30.3 Å². The molecule has 0 bridgehead atoms. The zero-order valence-corrected chi connectivity index (χ0v) is 21.4. The third kappa shape index (κ3) is 5.80. The summed E-state index contributed by atoms with van der Waals surface area (Å²) in [5.74, 6) is 0.662. The van der Waals surface area contributed by atoms with E-state index in [0.717, 1.165) is 23.9 Å². The van der Waals surface area contributed by atoms with Crippen LogP contribution >= 0.6 is 0 Å². The number of piperazine rings is 1. The summed E-state index contributed by atoms with van der Waals surface area (Å²) >= 11 is 0. The average molecular weight is 510 g/mol. The maximum atomic E-state index is 13.7. The molecule has 3 aromatic rings. The molecule has 0 aliphatic carbocycles. The monoisotopic (exact) mass is 509 g/mol. The van der Waals surface area contributed by atoms with Gasteiger partial charge in [-0.2, -0.15) is 0 Å². The van der Waals surface area contributed by atoms with Gasteiger partial charge in [-0.15, -0.1) is 0 Å². The Balaban J connectivity index is 1.53. The second-order valence-electron chi connectivity index (χ2n) is 8.50. The lowest BCUT2D eigenvalue weighted by molar-refractivity contribution is -0.131. The Labute approximate surface area is 212 Å². The number of hydrogen-bond donors (Lipinski definition) is 0. The molecule has 0 atom stereocenters. The zero-order chi connectivity index (χ0) is 25.5. The highest BCUT2D eigenvalue weighted by Crippen LogP contribution is 2.32. The number of rotatable bonds is 9. The van der Waals surface area contributed by atoms with Crippen LogP contribution in [0.15, 0.2) is 83.8 Å². The van der Waals surface area contributed by atoms with Crippen molar-refractivity contribution < 1.29 is 22.7 Å². The van der Waals surface area contributed by atoms with Crippen molar-refractivity contribution in [2.45, 2.75) is 11.4 Å². The van der Waals surface area contributed by atoms with Crippen molar-refractivity contribution in [3.05, 3.63) is 84.4 Å². The maximum Gasteiger partial charge on any atom is 0.264 e. The molecule has 190 valence electrons. The molecule has 3 aromatic carbocycles. The molecule has 4 rings (SSSR count). The highest BCUT2D eigenvalue weighted by Gasteiger charge is 2.32. The van der Waals surface area contributed by atoms with Crippen LogP contribution in [-0.4, -0.2) is 71.1 Å². The van der Waals surface area contributed by atoms with E-state index in [1.54, 1.807) is 41.3 Å². The van der Waals surface area contributed by atoms with Crippen molar-refractivity contribution in [3.8, 4) is 11.5 Å². The first kappa shape index (κ1) is 25.5. The van der Waals surface area contributed by atoms with Gasteiger partial charge in [-0.3, -0.25) is 14.0 Å². The summed E-state index contributed by atoms with van der Waals surface area (Å²) in [4.78, 5) is 17.5. The molecule has 8 nitrogen and oxygen atoms in total. The van der Waals surface area contributed by atoms with Crippen molar-refractivity contribution in [2.75, 3.05) is 51.2 Å². The highest BCUT2D eigenvalue weighted by atomic mass is 32.2. The first-order valence-corrected chi connectivity index (χ1v) is 13.2. The first-order valence-electron chi connectivity index (χ1n) is 11.8. The number of benzene rings is 3. The van der Waals surface area contributed by atoms with Gasteiger partial charge in [0.25, 0.3) is 10.0 Å². The molecule has 0 spiro atoms. The van der Waals surface area contributed by atoms with Crippen molar-refractivity contribution in [2.24, 2.45) is 0 Å². The normalized spacial score (nSPS) is 14.3. The van der Waals surface area contributed by atoms with E-state index in [4.69, 9.17) is 9.47 Å². The number of anilines is 1. The third-order valence-corrected chi connectivity index (χ3v) is 8.03. The third-order valence-electron chi connectivity index (χ3n) is 6.25. The minimum atomic E-state index is -4.06. The second kappa shape index (κ2) is 11.5. The lowest BCUT2D eigenvalue weighted by Crippen LogP contribution is -2.51. The van der Waals surface area contributed by atoms with Gasteiger partial charge >= 0.3 is 0 Å². The summed E-state index contributed by atoms with van der Waals surface area (Å²) in [6.07, 6.45) is 0. The molecule has 1 heterocycles. The van der Waals surface area contributed by atoms with Crippen molar-refractivity contribution in [3.63, 3.8) is 0 Å². The lowest BCUT2D eigenvalue weighted by Gasteiger charge is -2.36. The predicted molar refractivity (Wildman–Crippen MR) is 139 cm³/mol. The van der Waals surface area contributed by atoms with Crippen LogP contribution in [-0.2, 0) is 21.4 Å². The number of nitrogens with zero attached hydrogens (tertiary/aromatic N) is 3. The molecule has 0 aromatic heterocycles. The fraction of sp³-hybridized carbons (Fsp3) is 0.296. The summed E-state index contributed by atoms with van der Waals surface area (Å²) in [6.45, 7) is 3.01. The first-order chi connectivity index (χ1) is 17.4. The van der Waals surface area contributed by atoms with Crippen molar-refractivity contribution in [1.82, 2.24) is 9.80 Å². The summed E-state index contributed by atoms with van der Waals surface area (Å²) in [5.41, 5.74) is 1.54. The molecular formula is C27H31N3O5S. The fourth-order valence-corrected chi connectivity index (χ4v) is 5.65. The molecule has 1 fully saturated rings. The Bertz CT molecular complexity index is 1260. The van der Waals surface area contributed by atoms with Crippen LogP contribution in [0.1, 0.15) is 5.56 Å². The van der Waals surface area contributed by atoms with Gasteiger partial charge in [0.05, 0.1) is 24.8 Å². The molecule has 1 aliphatic rings. The molecule has 0 saturated carbocycles. The Morgan fingerprint density at radius 3 is 2.11 bits per heavy atom. The number of carbonyl (C=O) groups is 1. The van der Waals surface area contributed by atoms with Crippen molar-refractivity contribution >= 4 is 21.6 Å². The molecule has 0 unspecified atom stereocenters. The molecule has 1 amide bonds. The Hall–Kier alpha value is -3.56. The van der Waals surface area contributed by atoms with E-state index in [1.807, 2.05) is 18.2 Å². The predicted octanol–water partition coefficient (Wildman–Crippen LogP) is 3.24. The molecule has 0 radical (unpaired) electrons. The summed E-state index contributed by atoms with van der Waals surface area (Å²) in [6, 6.07) is 23.1. The van der Waals surface area contributed by atoms with Crippen molar-refractivity contribution in [1.29, 1.82) is 0 Å². The molecule has 36 heavy (non-hydrogen) atoms. The Morgan fingerprint density at radius 1 is 0.833 bits per heavy atom. The van der Waals surface area contributed by atoms with Crippen LogP contribution in [0.4, 0.5) is 5.69 Å². The van der Waals surface area contributed by atoms with Gasteiger partial charge in [0.2, 0.25) is 5.91 Å². The average Bonchev–Trinajstić information content (AvgIpc) is 2.92. The summed E-state index contributed by atoms with van der Waals surface area (Å²) in [5, 5.41) is 0. The van der Waals surface area contributed by atoms with Gasteiger partial charge < -0.3 is 14.4 Å². The lowest BCUT2D eigenvalue weighted by atomic mass is 10.2. The topological polar surface area (TPSA) is 79.4 Å². The van der Waals surface area contributed by atoms with E-state index in [9.17, 15) is 13.2 Å². The zero-order valence-electron chi connectivity index (χ0n) is 20.5. The van der Waals surface area contributed by atoms with Gasteiger partial charge in [-0.1, -0.05) is 42.5 Å². The highest BCUT2D eigenvalue weighted by molar-refractivity contribution is 7.92. The number of para-hydroxylation sites is 2. The minimum absolute atomic E-state index is 0.0645. The van der Waals surface area contributed by atoms with Crippen LogP contribution in [0.2, 0.25) is 0 Å². The number of amides is 1. The number of hydrogen-bond acceptors (Lipinski definition) is 6. The summed E-state index contributed by atoms with van der Waals surface area (Å²) < 4.78 is 39.2. The van der Waals surface area contributed by atoms with Gasteiger partial charge in [0.1, 0.15) is 18.0 Å². The van der Waals surface area contributed by atoms with Crippen LogP contribution in [0.3, 0.4) is 0 Å². The van der Waals surface area contributed by atoms with Crippen LogP contribution < -0.4 is 13.8 Å². The van der Waals surface area contributed by atoms with E-state index in [2.05, 4.69) is 17.0 Å². The summed E-state index contributed by atoms with van der Waals surface area (Å²) in [7, 11) is -1.06. The Morgan fingerprint density at radius 2 is 1.47 bits per heavy atom. The molecule has 9 heteroatoms. The van der Waals surface area contributed by atoms with E-state index in [1.165, 1.54) is 31.9 Å². The standard InChI is InChI=1S/C27H31N3O5S/c1-34-23-12-14-24(15-13-23)36(32,33)30(25-10-6-7-11-26(25)35-2)21-27(31)29-18-16-28(17-19-29)20-22-8-4-3-5-9-22/h3-15H,16-21H2,1-2H3. The quantitative estimate of drug-likeness (QED) is 0.441. The molecule has 1 aliphatic heterocycles. The minimum Gasteiger partial charge on any atom is -0.497 e. The van der Waals surface area contributed by atoms with Gasteiger partial charge in [0, 0.05) is 32.7 Å². The molecular weight excluding hydrogens is 478 g/mol. The number of ether oxygens (including phenoxy) is 2. The van der Waals surface area contributed by atoms with E-state index >= 15 is 0 Å². The SMILES string of the molecule is COc1ccc(S(=O)(=O)N(CC(=O)N2CCN(Cc3ccccc3)CC2)c2ccccc2OC)cc1. The maximum absolute atomic E-state index is 13.7. The van der Waals surface area contributed by atoms with Gasteiger partial charge in [0.15, 0.2) is 0 Å². The Kier molecular flexibility index (Phi) is 8.12. The number of sulfonamides is 1. The number of methoxy groups -OCH3 is 2. The largest absolute Gasteiger partial charge is 0.497 e. The van der Waals surface area contributed by atoms with Crippen LogP contribution in [0, 0.1) is 0 Å². The van der Waals surface area contributed by atoms with Crippen LogP contribution in [0.25, 0.3) is 0 Å². The van der Waals surface area contributed by atoms with E-state index < -0.39 is 10.0 Å². The van der Waals surface area contributed by atoms with Gasteiger partial charge in [-0.05, 0) is 42.0 Å². The van der Waals surface area contributed by atoms with Crippen LogP contribution in [0.5, 0.6) is 11.5 Å². The fourth-order valence-electron chi connectivity index (χ4n) is 4.23. The van der Waals surface area contributed by atoms with E-state index in [-0.39, 0.29) is 17.3 Å². The smallest absolute Gasteiger partial charge is 0.264 e. The van der Waals surface area contributed by atoms with Gasteiger partial charge in [-0.25, -0.2) is 8.42 Å². The molecule has 1 saturated heterocycles. The second-order valence-corrected chi connectivity index (χ2v) is 10.4.